The van der Waals surface area contributed by atoms with Crippen molar-refractivity contribution in [2.45, 2.75) is 10.8 Å². The molecule has 0 aliphatic heterocycles. The highest BCUT2D eigenvalue weighted by molar-refractivity contribution is 9.10. The molecule has 2 spiro atoms. The highest BCUT2D eigenvalue weighted by Crippen LogP contribution is 2.67. The van der Waals surface area contributed by atoms with Gasteiger partial charge in [0.05, 0.1) is 16.5 Å². The second-order valence-electron chi connectivity index (χ2n) is 34.0. The minimum atomic E-state index is -0.515. The van der Waals surface area contributed by atoms with Crippen LogP contribution in [0.2, 0.25) is 0 Å². The van der Waals surface area contributed by atoms with Crippen LogP contribution < -0.4 is 10.2 Å². The normalized spacial score (nSPS) is 13.0. The maximum absolute atomic E-state index is 6.89. The van der Waals surface area contributed by atoms with Gasteiger partial charge in [0.1, 0.15) is 22.3 Å². The van der Waals surface area contributed by atoms with Gasteiger partial charge in [-0.2, -0.15) is 0 Å². The van der Waals surface area contributed by atoms with Crippen molar-refractivity contribution >= 4 is 153 Å². The number of nitrogens with zero attached hydrogens (tertiary/aromatic N) is 1. The maximum Gasteiger partial charge on any atom is 0.143 e. The van der Waals surface area contributed by atoms with Crippen LogP contribution in [0.5, 0.6) is 0 Å². The van der Waals surface area contributed by atoms with Gasteiger partial charge in [0.15, 0.2) is 0 Å². The van der Waals surface area contributed by atoms with Crippen LogP contribution in [0.25, 0.3) is 175 Å². The van der Waals surface area contributed by atoms with E-state index < -0.39 is 10.8 Å². The third-order valence-corrected chi connectivity index (χ3v) is 28.2. The number of furan rings is 2. The molecular weight excluding hydrogens is 1610 g/mol. The minimum absolute atomic E-state index is 0.460. The summed E-state index contributed by atoms with van der Waals surface area (Å²) >= 11 is 3.31. The molecule has 0 saturated carbocycles. The summed E-state index contributed by atoms with van der Waals surface area (Å²) < 4.78 is 14.8. The number of hydrogen-bond acceptors (Lipinski definition) is 4. The van der Waals surface area contributed by atoms with E-state index in [0.717, 1.165) is 99.0 Å². The van der Waals surface area contributed by atoms with E-state index in [-0.39, 0.29) is 0 Å². The molecule has 0 saturated heterocycles. The van der Waals surface area contributed by atoms with Crippen LogP contribution in [0, 0.1) is 0 Å². The highest BCUT2D eigenvalue weighted by Gasteiger charge is 2.54. The van der Waals surface area contributed by atoms with Crippen LogP contribution in [0.4, 0.5) is 28.4 Å². The standard InChI is InChI=1S/C61H37NO.C55H33NO.C6H5Br/c1-2-17-38(18-3-1)62(39-33-34-44-42-21-5-4-19-40(42)41-20-6-7-22-43(41)51(44)35-39)58-37-57-52(36-53(58)50-28-16-27-49-48-26-11-15-32-59(48)63-60(49)50)47-25-10-14-31-56(47)61(57)54-29-12-8-23-45(54)46-24-9-13-30-55(46)61;1-2-16-36-34(14-1)35-15-3-4-17-37(35)45-30-33(28-29-38(36)45)56-52-32-51-46(31-47(52)44-23-13-22-43-42-21-8-12-27-53(42)57-54(43)44)41-20-7-11-26-50(41)55(51)48-24-9-5-18-39(48)40-19-6-10-25-49(40)55;7-6-4-2-1-3-5-6/h1-37H;1-32,56H;1-5H. The summed E-state index contributed by atoms with van der Waals surface area (Å²) in [4.78, 5) is 2.49. The summed E-state index contributed by atoms with van der Waals surface area (Å²) in [7, 11) is 0. The lowest BCUT2D eigenvalue weighted by molar-refractivity contribution is 0.669. The van der Waals surface area contributed by atoms with Gasteiger partial charge in [-0.05, 0) is 239 Å². The number of hydrogen-bond donors (Lipinski definition) is 1. The third-order valence-electron chi connectivity index (χ3n) is 27.6. The van der Waals surface area contributed by atoms with Crippen LogP contribution >= 0.6 is 15.9 Å². The van der Waals surface area contributed by atoms with Crippen LogP contribution in [0.3, 0.4) is 0 Å². The number of halogens is 1. The smallest absolute Gasteiger partial charge is 0.143 e. The number of anilines is 5. The average molecular weight is 1680 g/mol. The molecule has 0 bridgehead atoms. The van der Waals surface area contributed by atoms with Gasteiger partial charge in [-0.15, -0.1) is 0 Å². The molecule has 127 heavy (non-hydrogen) atoms. The van der Waals surface area contributed by atoms with Gasteiger partial charge in [0.2, 0.25) is 0 Å². The van der Waals surface area contributed by atoms with Crippen molar-refractivity contribution in [1.29, 1.82) is 0 Å². The molecule has 0 fully saturated rings. The first-order valence-electron chi connectivity index (χ1n) is 43.7. The van der Waals surface area contributed by atoms with Gasteiger partial charge >= 0.3 is 0 Å². The molecule has 1 N–H and O–H groups in total. The van der Waals surface area contributed by atoms with E-state index in [9.17, 15) is 0 Å². The number of para-hydroxylation sites is 5. The molecule has 22 aromatic carbocycles. The Bertz CT molecular complexity index is 8570. The van der Waals surface area contributed by atoms with E-state index >= 15 is 0 Å². The Morgan fingerprint density at radius 2 is 0.512 bits per heavy atom. The van der Waals surface area contributed by atoms with Crippen LogP contribution in [0.1, 0.15) is 44.5 Å². The first-order valence-corrected chi connectivity index (χ1v) is 44.5. The lowest BCUT2D eigenvalue weighted by atomic mass is 9.70. The number of rotatable bonds is 7. The Morgan fingerprint density at radius 3 is 0.937 bits per heavy atom. The molecule has 4 nitrogen and oxygen atoms in total. The molecule has 4 aliphatic rings. The van der Waals surface area contributed by atoms with E-state index in [4.69, 9.17) is 8.83 Å². The molecule has 4 aliphatic carbocycles. The lowest BCUT2D eigenvalue weighted by Gasteiger charge is -2.33. The van der Waals surface area contributed by atoms with Crippen molar-refractivity contribution in [3.8, 4) is 66.8 Å². The average Bonchev–Trinajstić information content (AvgIpc) is 1.51. The molecule has 0 amide bonds. The fraction of sp³-hybridized carbons (Fsp3) is 0.0164. The van der Waals surface area contributed by atoms with E-state index in [1.54, 1.807) is 0 Å². The van der Waals surface area contributed by atoms with Gasteiger partial charge in [0, 0.05) is 71.0 Å². The summed E-state index contributed by atoms with van der Waals surface area (Å²) in [6.07, 6.45) is 0. The Balaban J connectivity index is 0.000000126. The van der Waals surface area contributed by atoms with Gasteiger partial charge in [-0.25, -0.2) is 0 Å². The van der Waals surface area contributed by atoms with Gasteiger partial charge in [-0.3, -0.25) is 0 Å². The number of fused-ring (bicyclic) bond motifs is 38. The first kappa shape index (κ1) is 72.7. The van der Waals surface area contributed by atoms with E-state index in [1.807, 2.05) is 36.4 Å². The van der Waals surface area contributed by atoms with Gasteiger partial charge < -0.3 is 19.1 Å². The maximum atomic E-state index is 6.89. The van der Waals surface area contributed by atoms with Crippen molar-refractivity contribution in [3.63, 3.8) is 0 Å². The number of benzene rings is 22. The molecule has 2 heterocycles. The zero-order valence-corrected chi connectivity index (χ0v) is 70.5. The molecule has 5 heteroatoms. The van der Waals surface area contributed by atoms with Crippen LogP contribution in [-0.2, 0) is 10.8 Å². The van der Waals surface area contributed by atoms with Crippen molar-refractivity contribution in [2.24, 2.45) is 0 Å². The second kappa shape index (κ2) is 28.6. The summed E-state index contributed by atoms with van der Waals surface area (Å²) in [5.74, 6) is 0. The first-order chi connectivity index (χ1) is 62.9. The van der Waals surface area contributed by atoms with Crippen LogP contribution in [-0.4, -0.2) is 0 Å². The van der Waals surface area contributed by atoms with Crippen LogP contribution in [0.15, 0.2) is 462 Å². The molecule has 0 unspecified atom stereocenters. The predicted molar refractivity (Wildman–Crippen MR) is 534 cm³/mol. The second-order valence-corrected chi connectivity index (χ2v) is 34.9. The molecule has 24 aromatic rings. The van der Waals surface area contributed by atoms with Crippen molar-refractivity contribution in [2.75, 3.05) is 10.2 Å². The Kier molecular flexibility index (Phi) is 16.4. The zero-order valence-electron chi connectivity index (χ0n) is 68.9. The van der Waals surface area contributed by atoms with E-state index in [1.165, 1.54) is 154 Å². The van der Waals surface area contributed by atoms with Gasteiger partial charge in [-0.1, -0.05) is 380 Å². The van der Waals surface area contributed by atoms with Crippen molar-refractivity contribution < 1.29 is 8.83 Å². The summed E-state index contributed by atoms with van der Waals surface area (Å²) in [5, 5.41) is 23.6. The quantitative estimate of drug-likeness (QED) is 0.162. The largest absolute Gasteiger partial charge is 0.455 e. The summed E-state index contributed by atoms with van der Waals surface area (Å²) in [6, 6.07) is 164. The fourth-order valence-electron chi connectivity index (χ4n) is 22.5. The van der Waals surface area contributed by atoms with Crippen molar-refractivity contribution in [1.82, 2.24) is 0 Å². The molecular formula is C122H75BrN2O2. The summed E-state index contributed by atoms with van der Waals surface area (Å²) in [5.41, 5.74) is 33.0. The molecule has 0 atom stereocenters. The van der Waals surface area contributed by atoms with Crippen molar-refractivity contribution in [3.05, 3.63) is 498 Å². The Morgan fingerprint density at radius 1 is 0.197 bits per heavy atom. The Labute approximate surface area is 741 Å². The summed E-state index contributed by atoms with van der Waals surface area (Å²) in [6.45, 7) is 0. The molecule has 28 rings (SSSR count). The molecule has 2 aromatic heterocycles. The number of nitrogens with one attached hydrogen (secondary N) is 1. The van der Waals surface area contributed by atoms with E-state index in [0.29, 0.717) is 0 Å². The van der Waals surface area contributed by atoms with Gasteiger partial charge in [0.25, 0.3) is 0 Å². The molecule has 0 radical (unpaired) electrons. The minimum Gasteiger partial charge on any atom is -0.455 e. The monoisotopic (exact) mass is 1680 g/mol. The highest BCUT2D eigenvalue weighted by atomic mass is 79.9. The predicted octanol–water partition coefficient (Wildman–Crippen LogP) is 33.8. The third kappa shape index (κ3) is 10.7. The Hall–Kier alpha value is -15.9. The SMILES string of the molecule is Brc1ccccc1.c1ccc(N(c2ccc3c4ccccc4c4ccccc4c3c2)c2cc3c(cc2-c2cccc4c2oc2ccccc24)-c2ccccc2C32c3ccccc3-c3ccccc32)cc1.c1ccc2c(c1)-c1ccccc1C21c2ccccc2-c2cc(-c3cccc4c3oc3ccccc34)c(Nc3ccc4c5ccccc5c5ccccc5c4c3)cc21. The van der Waals surface area contributed by atoms with E-state index in [2.05, 4.69) is 439 Å². The zero-order chi connectivity index (χ0) is 83.6. The lowest BCUT2D eigenvalue weighted by Crippen LogP contribution is -2.26. The fourth-order valence-corrected chi connectivity index (χ4v) is 22.8. The topological polar surface area (TPSA) is 41.6 Å². The molecule has 592 valence electrons.